The molecule has 17 nitrogen and oxygen atoms in total. The van der Waals surface area contributed by atoms with Crippen LogP contribution in [0.15, 0.2) is 48.1 Å². The summed E-state index contributed by atoms with van der Waals surface area (Å²) in [7, 11) is 4.82. The molecule has 3 saturated heterocycles. The zero-order chi connectivity index (χ0) is 50.7. The number of carbonyl (C=O) groups excluding carboxylic acids is 4. The number of benzene rings is 1. The van der Waals surface area contributed by atoms with Crippen molar-refractivity contribution in [2.75, 3.05) is 21.3 Å². The van der Waals surface area contributed by atoms with Gasteiger partial charge in [-0.2, -0.15) is 0 Å². The molecule has 1 aromatic rings. The molecule has 19 atom stereocenters. The average Bonchev–Trinajstić information content (AvgIpc) is 3.57. The Kier molecular flexibility index (Phi) is 17.7. The first kappa shape index (κ1) is 54.3. The standard InChI is InChI=1S/C53H76O17/c1-29-48(58)39(60-8)26-46(63-29)69-50-31(3)65-47(28-41(50)62-10)70-49-30(2)64-45(27-40(49)61-9)67-36-20-22-51(6)35(24-36)17-18-38(55)37(51)25-43(68-44(57)19-16-34-14-12-11-13-15-34)52(7)42(56)21-23-53(52,59)32(4)66-33(5)54/h11-17,19,29-32,36-37,39-41,43,45-50,58-59H,18,20-28H2,1-10H3/b19-16+/t29-,30-,31+,32+,36+,37+,39+,40+,41+,43-,45+,46+,47+,48-,49-,50-,51+,52-,53-/m1/s1. The third-order valence-electron chi connectivity index (χ3n) is 16.4. The number of hydrogen-bond acceptors (Lipinski definition) is 17. The molecule has 2 N–H and O–H groups in total. The van der Waals surface area contributed by atoms with Crippen molar-refractivity contribution in [3.63, 3.8) is 0 Å². The van der Waals surface area contributed by atoms with Crippen LogP contribution in [0.5, 0.6) is 0 Å². The Morgan fingerprint density at radius 1 is 0.814 bits per heavy atom. The number of Topliss-reactive ketones (excluding diaryl/α,β-unsaturated/α-hetero) is 2. The molecular formula is C53H76O17. The quantitative estimate of drug-likeness (QED) is 0.109. The molecule has 0 spiro atoms. The van der Waals surface area contributed by atoms with E-state index < -0.39 is 114 Å². The molecule has 5 fully saturated rings. The van der Waals surface area contributed by atoms with Crippen LogP contribution in [-0.2, 0) is 71.3 Å². The maximum Gasteiger partial charge on any atom is 0.331 e. The Balaban J connectivity index is 1.00. The minimum Gasteiger partial charge on any atom is -0.460 e. The van der Waals surface area contributed by atoms with Crippen molar-refractivity contribution in [2.45, 2.75) is 210 Å². The summed E-state index contributed by atoms with van der Waals surface area (Å²) in [5, 5.41) is 22.8. The number of fused-ring (bicyclic) bond motifs is 1. The first-order valence-electron chi connectivity index (χ1n) is 25.0. The third kappa shape index (κ3) is 11.3. The van der Waals surface area contributed by atoms with E-state index in [1.165, 1.54) is 19.9 Å². The SMILES string of the molecule is CO[C@H]1C[C@H](O[C@@H]2[C@H](C)O[C@@H](O[C@H]3[C@@H](OC)C[C@H](O[C@H]4CC[C@@]5(C)C(=CCC(=O)[C@@H]5C[C@@H](OC(=O)/C=C/c5ccccc5)[C@@]5(C)C(=O)CC[C@@]5(O)[C@H](C)OC(C)=O)C4)O[C@@H]3C)C[C@@H]2OC)O[C@H](C)[C@H]1O. The number of esters is 2. The van der Waals surface area contributed by atoms with Crippen LogP contribution >= 0.6 is 0 Å². The number of methoxy groups -OCH3 is 3. The molecule has 0 radical (unpaired) electrons. The van der Waals surface area contributed by atoms with Crippen LogP contribution in [-0.4, -0.2) is 153 Å². The van der Waals surface area contributed by atoms with Crippen LogP contribution in [0.2, 0.25) is 0 Å². The first-order chi connectivity index (χ1) is 33.2. The monoisotopic (exact) mass is 985 g/mol. The molecule has 70 heavy (non-hydrogen) atoms. The van der Waals surface area contributed by atoms with Crippen molar-refractivity contribution in [2.24, 2.45) is 16.7 Å². The van der Waals surface area contributed by atoms with Crippen LogP contribution < -0.4 is 0 Å². The maximum atomic E-state index is 14.2. The van der Waals surface area contributed by atoms with Gasteiger partial charge in [0.25, 0.3) is 0 Å². The number of aliphatic hydroxyl groups is 2. The molecule has 390 valence electrons. The summed E-state index contributed by atoms with van der Waals surface area (Å²) in [6.07, 6.45) is -1.03. The molecule has 0 aromatic heterocycles. The van der Waals surface area contributed by atoms with E-state index in [-0.39, 0.29) is 49.5 Å². The van der Waals surface area contributed by atoms with E-state index in [0.29, 0.717) is 38.5 Å². The summed E-state index contributed by atoms with van der Waals surface area (Å²) in [4.78, 5) is 54.1. The Morgan fingerprint density at radius 2 is 1.39 bits per heavy atom. The van der Waals surface area contributed by atoms with Gasteiger partial charge in [-0.1, -0.05) is 48.9 Å². The number of ketones is 2. The predicted molar refractivity (Wildman–Crippen MR) is 252 cm³/mol. The number of carbonyl (C=O) groups is 4. The van der Waals surface area contributed by atoms with Gasteiger partial charge >= 0.3 is 11.9 Å². The molecule has 2 saturated carbocycles. The molecule has 0 amide bonds. The van der Waals surface area contributed by atoms with Gasteiger partial charge in [-0.15, -0.1) is 0 Å². The maximum absolute atomic E-state index is 14.2. The van der Waals surface area contributed by atoms with Gasteiger partial charge in [0.2, 0.25) is 0 Å². The van der Waals surface area contributed by atoms with E-state index in [1.54, 1.807) is 41.3 Å². The van der Waals surface area contributed by atoms with Gasteiger partial charge in [-0.05, 0) is 83.8 Å². The van der Waals surface area contributed by atoms with Crippen LogP contribution in [0, 0.1) is 16.7 Å². The summed E-state index contributed by atoms with van der Waals surface area (Å²) in [6.45, 7) is 12.0. The second-order valence-electron chi connectivity index (χ2n) is 20.6. The fraction of sp³-hybridized carbons (Fsp3) is 0.736. The molecule has 17 heteroatoms. The van der Waals surface area contributed by atoms with E-state index in [0.717, 1.165) is 11.1 Å². The van der Waals surface area contributed by atoms with Crippen molar-refractivity contribution < 1.29 is 81.5 Å². The van der Waals surface area contributed by atoms with Crippen molar-refractivity contribution in [3.8, 4) is 0 Å². The molecule has 0 bridgehead atoms. The zero-order valence-corrected chi connectivity index (χ0v) is 42.4. The topological polar surface area (TPSA) is 210 Å². The lowest BCUT2D eigenvalue weighted by Gasteiger charge is -2.51. The van der Waals surface area contributed by atoms with Gasteiger partial charge < -0.3 is 62.3 Å². The van der Waals surface area contributed by atoms with Crippen molar-refractivity contribution >= 4 is 29.6 Å². The Labute approximate surface area is 412 Å². The van der Waals surface area contributed by atoms with Gasteiger partial charge in [0.1, 0.15) is 47.7 Å². The predicted octanol–water partition coefficient (Wildman–Crippen LogP) is 5.73. The number of allylic oxidation sites excluding steroid dienone is 1. The highest BCUT2D eigenvalue weighted by molar-refractivity contribution is 5.92. The second-order valence-corrected chi connectivity index (χ2v) is 20.6. The molecular weight excluding hydrogens is 909 g/mol. The molecule has 7 rings (SSSR count). The first-order valence-corrected chi connectivity index (χ1v) is 25.0. The van der Waals surface area contributed by atoms with E-state index >= 15 is 0 Å². The second kappa shape index (κ2) is 22.8. The molecule has 6 aliphatic rings. The zero-order valence-electron chi connectivity index (χ0n) is 42.4. The van der Waals surface area contributed by atoms with Crippen molar-refractivity contribution in [1.82, 2.24) is 0 Å². The lowest BCUT2D eigenvalue weighted by atomic mass is 9.56. The number of hydrogen-bond donors (Lipinski definition) is 2. The number of ether oxygens (including phenoxy) is 11. The highest BCUT2D eigenvalue weighted by atomic mass is 16.7. The van der Waals surface area contributed by atoms with Crippen LogP contribution in [0.1, 0.15) is 118 Å². The number of aliphatic hydroxyl groups excluding tert-OH is 1. The normalized spacial score (nSPS) is 41.1. The van der Waals surface area contributed by atoms with E-state index in [1.807, 2.05) is 57.2 Å². The smallest absolute Gasteiger partial charge is 0.331 e. The molecule has 3 aliphatic carbocycles. The molecule has 1 aromatic carbocycles. The summed E-state index contributed by atoms with van der Waals surface area (Å²) >= 11 is 0. The molecule has 0 unspecified atom stereocenters. The van der Waals surface area contributed by atoms with Crippen molar-refractivity contribution in [1.29, 1.82) is 0 Å². The fourth-order valence-electron chi connectivity index (χ4n) is 12.1. The number of rotatable bonds is 17. The van der Waals surface area contributed by atoms with Gasteiger partial charge in [0.05, 0.1) is 48.1 Å². The minimum atomic E-state index is -1.88. The van der Waals surface area contributed by atoms with Crippen LogP contribution in [0.25, 0.3) is 6.08 Å². The van der Waals surface area contributed by atoms with E-state index in [9.17, 15) is 29.4 Å². The Hall–Kier alpha value is -3.46. The van der Waals surface area contributed by atoms with Crippen LogP contribution in [0.3, 0.4) is 0 Å². The highest BCUT2D eigenvalue weighted by Crippen LogP contribution is 2.56. The van der Waals surface area contributed by atoms with Gasteiger partial charge in [0, 0.05) is 72.4 Å². The van der Waals surface area contributed by atoms with E-state index in [2.05, 4.69) is 0 Å². The fourth-order valence-corrected chi connectivity index (χ4v) is 12.1. The van der Waals surface area contributed by atoms with Crippen LogP contribution in [0.4, 0.5) is 0 Å². The largest absolute Gasteiger partial charge is 0.460 e. The summed E-state index contributed by atoms with van der Waals surface area (Å²) in [6, 6.07) is 9.20. The summed E-state index contributed by atoms with van der Waals surface area (Å²) in [5.41, 5.74) is -2.48. The Bertz CT molecular complexity index is 2040. The van der Waals surface area contributed by atoms with Crippen molar-refractivity contribution in [3.05, 3.63) is 53.6 Å². The van der Waals surface area contributed by atoms with Gasteiger partial charge in [-0.3, -0.25) is 14.4 Å². The lowest BCUT2D eigenvalue weighted by Crippen LogP contribution is -2.61. The van der Waals surface area contributed by atoms with Gasteiger partial charge in [-0.25, -0.2) is 4.79 Å². The summed E-state index contributed by atoms with van der Waals surface area (Å²) in [5.74, 6) is -2.42. The average molecular weight is 985 g/mol. The summed E-state index contributed by atoms with van der Waals surface area (Å²) < 4.78 is 67.6. The molecule has 3 aliphatic heterocycles. The Morgan fingerprint density at radius 3 is 1.97 bits per heavy atom. The minimum absolute atomic E-state index is 0.0129. The lowest BCUT2D eigenvalue weighted by molar-refractivity contribution is -0.338. The highest BCUT2D eigenvalue weighted by Gasteiger charge is 2.66. The van der Waals surface area contributed by atoms with Gasteiger partial charge in [0.15, 0.2) is 18.9 Å². The third-order valence-corrected chi connectivity index (χ3v) is 16.4. The van der Waals surface area contributed by atoms with E-state index in [4.69, 9.17) is 52.1 Å². The molecule has 3 heterocycles.